The van der Waals surface area contributed by atoms with E-state index in [-0.39, 0.29) is 5.82 Å². The van der Waals surface area contributed by atoms with Crippen molar-refractivity contribution in [3.8, 4) is 0 Å². The van der Waals surface area contributed by atoms with E-state index in [1.807, 2.05) is 23.9 Å². The van der Waals surface area contributed by atoms with Gasteiger partial charge in [0.1, 0.15) is 5.82 Å². The number of nitrogens with one attached hydrogen (secondary N) is 1. The minimum atomic E-state index is -0.164. The van der Waals surface area contributed by atoms with Gasteiger partial charge in [-0.05, 0) is 49.1 Å². The molecule has 1 N–H and O–H groups in total. The van der Waals surface area contributed by atoms with Gasteiger partial charge in [-0.25, -0.2) is 4.39 Å². The average molecular weight is 255 g/mol. The summed E-state index contributed by atoms with van der Waals surface area (Å²) in [4.78, 5) is 0. The first-order valence-corrected chi connectivity index (χ1v) is 7.66. The van der Waals surface area contributed by atoms with Gasteiger partial charge in [0.25, 0.3) is 0 Å². The molecule has 1 rings (SSSR count). The molecule has 3 heteroatoms. The second-order valence-electron chi connectivity index (χ2n) is 4.21. The minimum Gasteiger partial charge on any atom is -0.313 e. The smallest absolute Gasteiger partial charge is 0.123 e. The number of benzene rings is 1. The van der Waals surface area contributed by atoms with Crippen molar-refractivity contribution in [3.05, 3.63) is 35.6 Å². The molecule has 0 aliphatic carbocycles. The first-order chi connectivity index (χ1) is 8.33. The van der Waals surface area contributed by atoms with E-state index < -0.39 is 0 Å². The molecule has 0 bridgehead atoms. The maximum absolute atomic E-state index is 12.7. The summed E-state index contributed by atoms with van der Waals surface area (Å²) in [7, 11) is 0. The van der Waals surface area contributed by atoms with Gasteiger partial charge in [-0.15, -0.1) is 0 Å². The monoisotopic (exact) mass is 255 g/mol. The molecule has 0 atom stereocenters. The number of halogens is 1. The SMILES string of the molecule is CSCCCCCCNCc1ccc(F)cc1. The van der Waals surface area contributed by atoms with E-state index in [0.29, 0.717) is 0 Å². The van der Waals surface area contributed by atoms with Crippen LogP contribution in [0.1, 0.15) is 31.2 Å². The highest BCUT2D eigenvalue weighted by molar-refractivity contribution is 7.98. The molecule has 0 fully saturated rings. The van der Waals surface area contributed by atoms with Crippen LogP contribution < -0.4 is 5.32 Å². The molecule has 0 aliphatic heterocycles. The lowest BCUT2D eigenvalue weighted by molar-refractivity contribution is 0.597. The van der Waals surface area contributed by atoms with E-state index in [0.717, 1.165) is 18.7 Å². The lowest BCUT2D eigenvalue weighted by Gasteiger charge is -2.05. The van der Waals surface area contributed by atoms with Crippen LogP contribution in [0.5, 0.6) is 0 Å². The summed E-state index contributed by atoms with van der Waals surface area (Å²) in [6.45, 7) is 1.89. The summed E-state index contributed by atoms with van der Waals surface area (Å²) in [5.74, 6) is 1.12. The van der Waals surface area contributed by atoms with Gasteiger partial charge in [0.2, 0.25) is 0 Å². The van der Waals surface area contributed by atoms with Crippen LogP contribution in [0.4, 0.5) is 4.39 Å². The zero-order chi connectivity index (χ0) is 12.3. The average Bonchev–Trinajstić information content (AvgIpc) is 2.35. The first kappa shape index (κ1) is 14.5. The Morgan fingerprint density at radius 2 is 1.76 bits per heavy atom. The third-order valence-electron chi connectivity index (χ3n) is 2.69. The van der Waals surface area contributed by atoms with Crippen LogP contribution >= 0.6 is 11.8 Å². The van der Waals surface area contributed by atoms with Crippen LogP contribution in [-0.4, -0.2) is 18.6 Å². The van der Waals surface area contributed by atoms with E-state index in [4.69, 9.17) is 0 Å². The van der Waals surface area contributed by atoms with Crippen LogP contribution in [0.15, 0.2) is 24.3 Å². The number of hydrogen-bond donors (Lipinski definition) is 1. The van der Waals surface area contributed by atoms with Gasteiger partial charge in [0.15, 0.2) is 0 Å². The Balaban J connectivity index is 1.95. The zero-order valence-corrected chi connectivity index (χ0v) is 11.4. The molecule has 1 nitrogen and oxygen atoms in total. The van der Waals surface area contributed by atoms with Crippen molar-refractivity contribution in [2.24, 2.45) is 0 Å². The third kappa shape index (κ3) is 7.40. The second-order valence-corrected chi connectivity index (χ2v) is 5.20. The number of rotatable bonds is 9. The molecular weight excluding hydrogens is 233 g/mol. The van der Waals surface area contributed by atoms with Crippen molar-refractivity contribution < 1.29 is 4.39 Å². The Morgan fingerprint density at radius 3 is 2.47 bits per heavy atom. The number of thioether (sulfide) groups is 1. The molecule has 96 valence electrons. The maximum atomic E-state index is 12.7. The summed E-state index contributed by atoms with van der Waals surface area (Å²) in [6.07, 6.45) is 7.36. The molecule has 1 aromatic carbocycles. The van der Waals surface area contributed by atoms with Crippen molar-refractivity contribution in [1.82, 2.24) is 5.32 Å². The van der Waals surface area contributed by atoms with Gasteiger partial charge in [-0.3, -0.25) is 0 Å². The largest absolute Gasteiger partial charge is 0.313 e. The summed E-state index contributed by atoms with van der Waals surface area (Å²) in [5, 5.41) is 3.38. The Hall–Kier alpha value is -0.540. The fourth-order valence-corrected chi connectivity index (χ4v) is 2.18. The van der Waals surface area contributed by atoms with Gasteiger partial charge in [-0.2, -0.15) is 11.8 Å². The van der Waals surface area contributed by atoms with Crippen LogP contribution in [0.3, 0.4) is 0 Å². The van der Waals surface area contributed by atoms with Crippen LogP contribution in [0.2, 0.25) is 0 Å². The van der Waals surface area contributed by atoms with E-state index in [1.165, 1.54) is 43.6 Å². The van der Waals surface area contributed by atoms with Crippen LogP contribution in [-0.2, 0) is 6.54 Å². The summed E-state index contributed by atoms with van der Waals surface area (Å²) in [5.41, 5.74) is 1.15. The van der Waals surface area contributed by atoms with Crippen molar-refractivity contribution in [1.29, 1.82) is 0 Å². The molecule has 0 aromatic heterocycles. The highest BCUT2D eigenvalue weighted by Crippen LogP contribution is 2.05. The minimum absolute atomic E-state index is 0.164. The Morgan fingerprint density at radius 1 is 1.06 bits per heavy atom. The molecule has 0 heterocycles. The highest BCUT2D eigenvalue weighted by Gasteiger charge is 1.94. The van der Waals surface area contributed by atoms with Crippen molar-refractivity contribution in [3.63, 3.8) is 0 Å². The second kappa shape index (κ2) is 9.49. The van der Waals surface area contributed by atoms with Gasteiger partial charge in [0.05, 0.1) is 0 Å². The topological polar surface area (TPSA) is 12.0 Å². The maximum Gasteiger partial charge on any atom is 0.123 e. The molecule has 1 aromatic rings. The lowest BCUT2D eigenvalue weighted by atomic mass is 10.2. The molecule has 0 saturated heterocycles. The molecule has 0 amide bonds. The number of unbranched alkanes of at least 4 members (excludes halogenated alkanes) is 3. The van der Waals surface area contributed by atoms with Crippen LogP contribution in [0, 0.1) is 5.82 Å². The molecular formula is C14H22FNS. The van der Waals surface area contributed by atoms with Crippen molar-refractivity contribution in [2.75, 3.05) is 18.6 Å². The molecule has 0 radical (unpaired) electrons. The van der Waals surface area contributed by atoms with Gasteiger partial charge in [0, 0.05) is 6.54 Å². The quantitative estimate of drug-likeness (QED) is 0.673. The molecule has 0 saturated carbocycles. The summed E-state index contributed by atoms with van der Waals surface area (Å²) >= 11 is 1.92. The zero-order valence-electron chi connectivity index (χ0n) is 10.5. The molecule has 0 aliphatic rings. The van der Waals surface area contributed by atoms with Crippen LogP contribution in [0.25, 0.3) is 0 Å². The Labute approximate surface area is 108 Å². The first-order valence-electron chi connectivity index (χ1n) is 6.27. The lowest BCUT2D eigenvalue weighted by Crippen LogP contribution is -2.14. The predicted octanol–water partition coefficient (Wildman–Crippen LogP) is 3.84. The highest BCUT2D eigenvalue weighted by atomic mass is 32.2. The van der Waals surface area contributed by atoms with Crippen molar-refractivity contribution >= 4 is 11.8 Å². The van der Waals surface area contributed by atoms with E-state index in [1.54, 1.807) is 0 Å². The van der Waals surface area contributed by atoms with E-state index >= 15 is 0 Å². The van der Waals surface area contributed by atoms with Gasteiger partial charge < -0.3 is 5.32 Å². The Kier molecular flexibility index (Phi) is 8.10. The standard InChI is InChI=1S/C14H22FNS/c1-17-11-5-3-2-4-10-16-12-13-6-8-14(15)9-7-13/h6-9,16H,2-5,10-12H2,1H3. The Bertz CT molecular complexity index is 287. The van der Waals surface area contributed by atoms with Gasteiger partial charge >= 0.3 is 0 Å². The van der Waals surface area contributed by atoms with E-state index in [2.05, 4.69) is 11.6 Å². The number of hydrogen-bond acceptors (Lipinski definition) is 2. The molecule has 17 heavy (non-hydrogen) atoms. The summed E-state index contributed by atoms with van der Waals surface area (Å²) < 4.78 is 12.7. The van der Waals surface area contributed by atoms with Gasteiger partial charge in [-0.1, -0.05) is 25.0 Å². The summed E-state index contributed by atoms with van der Waals surface area (Å²) in [6, 6.07) is 6.69. The van der Waals surface area contributed by atoms with E-state index in [9.17, 15) is 4.39 Å². The third-order valence-corrected chi connectivity index (χ3v) is 3.39. The van der Waals surface area contributed by atoms with Crippen molar-refractivity contribution in [2.45, 2.75) is 32.2 Å². The fourth-order valence-electron chi connectivity index (χ4n) is 1.68. The normalized spacial score (nSPS) is 10.7. The predicted molar refractivity (Wildman–Crippen MR) is 75.0 cm³/mol. The fraction of sp³-hybridized carbons (Fsp3) is 0.571. The molecule has 0 spiro atoms. The molecule has 0 unspecified atom stereocenters.